The zero-order chi connectivity index (χ0) is 2.71. The largest absolute Gasteiger partial charge is 1.00 e. The van der Waals surface area contributed by atoms with Gasteiger partial charge < -0.3 is 2.85 Å². The van der Waals surface area contributed by atoms with Crippen LogP contribution in [0.25, 0.3) is 0 Å². The summed E-state index contributed by atoms with van der Waals surface area (Å²) in [5.41, 5.74) is 0. The zero-order valence-electron chi connectivity index (χ0n) is 6.71. The first-order valence-corrected chi connectivity index (χ1v) is 1.41. The van der Waals surface area contributed by atoms with Gasteiger partial charge in [-0.2, -0.15) is 0 Å². The number of hydrogen-bond acceptors (Lipinski definition) is 0. The molecule has 0 rings (SSSR count). The summed E-state index contributed by atoms with van der Waals surface area (Å²) in [6.45, 7) is 4.25. The molecule has 0 nitrogen and oxygen atoms in total. The zero-order valence-corrected chi connectivity index (χ0v) is 11.0. The van der Waals surface area contributed by atoms with E-state index in [1.807, 2.05) is 0 Å². The molecule has 0 aliphatic rings. The maximum Gasteiger partial charge on any atom is 1.00 e. The fourth-order valence-corrected chi connectivity index (χ4v) is 0. The molecule has 0 spiro atoms. The van der Waals surface area contributed by atoms with Crippen LogP contribution in [0, 0.1) is 0 Å². The monoisotopic (exact) mass is 124 g/mol. The van der Waals surface area contributed by atoms with E-state index in [2.05, 4.69) is 13.8 Å². The van der Waals surface area contributed by atoms with E-state index >= 15 is 0 Å². The van der Waals surface area contributed by atoms with Gasteiger partial charge in [0.05, 0.1) is 0 Å². The van der Waals surface area contributed by atoms with Gasteiger partial charge in [-0.15, -0.1) is 0 Å². The number of hydrogen-bond donors (Lipinski definition) is 0. The van der Waals surface area contributed by atoms with E-state index in [4.69, 9.17) is 0 Å². The quantitative estimate of drug-likeness (QED) is 0.286. The first kappa shape index (κ1) is 15.7. The van der Waals surface area contributed by atoms with E-state index in [-0.39, 0.29) is 106 Å². The van der Waals surface area contributed by atoms with Crippen LogP contribution in [0.15, 0.2) is 0 Å². The minimum atomic E-state index is 0. The molecular formula is C3H10K2. The third kappa shape index (κ3) is 18.9. The first-order valence-electron chi connectivity index (χ1n) is 1.41. The standard InChI is InChI=1S/C3H8.2K.2H/c1-3-2;;;;/h3H2,1-2H3;;;;/q;2*+1;2*-1. The molecule has 0 radical (unpaired) electrons. The van der Waals surface area contributed by atoms with Gasteiger partial charge in [0.2, 0.25) is 0 Å². The molecule has 0 saturated carbocycles. The molecular weight excluding hydrogens is 114 g/mol. The summed E-state index contributed by atoms with van der Waals surface area (Å²) in [6, 6.07) is 0. The third-order valence-electron chi connectivity index (χ3n) is 0. The molecule has 0 saturated heterocycles. The average molecular weight is 124 g/mol. The Morgan fingerprint density at radius 2 is 1.20 bits per heavy atom. The molecule has 0 aromatic heterocycles. The van der Waals surface area contributed by atoms with Gasteiger partial charge in [-0.25, -0.2) is 0 Å². The topological polar surface area (TPSA) is 0 Å². The molecule has 0 unspecified atom stereocenters. The van der Waals surface area contributed by atoms with Crippen LogP contribution in [-0.4, -0.2) is 0 Å². The van der Waals surface area contributed by atoms with Crippen molar-refractivity contribution >= 4 is 0 Å². The molecule has 0 fully saturated rings. The number of rotatable bonds is 0. The Labute approximate surface area is 122 Å². The van der Waals surface area contributed by atoms with Gasteiger partial charge in [-0.3, -0.25) is 0 Å². The molecule has 0 atom stereocenters. The van der Waals surface area contributed by atoms with E-state index in [1.165, 1.54) is 6.42 Å². The van der Waals surface area contributed by atoms with Crippen LogP contribution in [-0.2, 0) is 0 Å². The summed E-state index contributed by atoms with van der Waals surface area (Å²) >= 11 is 0. The molecule has 0 aromatic carbocycles. The molecule has 2 heteroatoms. The summed E-state index contributed by atoms with van der Waals surface area (Å²) < 4.78 is 0. The molecule has 0 aliphatic heterocycles. The van der Waals surface area contributed by atoms with Crippen LogP contribution in [0.1, 0.15) is 23.1 Å². The molecule has 0 aromatic rings. The van der Waals surface area contributed by atoms with E-state index in [0.29, 0.717) is 0 Å². The van der Waals surface area contributed by atoms with E-state index in [0.717, 1.165) is 0 Å². The Kier molecular flexibility index (Phi) is 49.3. The molecule has 0 amide bonds. The van der Waals surface area contributed by atoms with Gasteiger partial charge >= 0.3 is 103 Å². The van der Waals surface area contributed by atoms with Gasteiger partial charge in [0.25, 0.3) is 0 Å². The fourth-order valence-electron chi connectivity index (χ4n) is 0. The van der Waals surface area contributed by atoms with Crippen LogP contribution in [0.3, 0.4) is 0 Å². The van der Waals surface area contributed by atoms with Crippen LogP contribution in [0.2, 0.25) is 0 Å². The Hall–Kier alpha value is 3.27. The molecule has 0 N–H and O–H groups in total. The molecule has 5 heavy (non-hydrogen) atoms. The van der Waals surface area contributed by atoms with Crippen LogP contribution >= 0.6 is 0 Å². The van der Waals surface area contributed by atoms with Gasteiger partial charge in [-0.05, 0) is 0 Å². The summed E-state index contributed by atoms with van der Waals surface area (Å²) in [5.74, 6) is 0. The van der Waals surface area contributed by atoms with Crippen molar-refractivity contribution in [3.05, 3.63) is 0 Å². The minimum Gasteiger partial charge on any atom is -1.00 e. The van der Waals surface area contributed by atoms with Crippen molar-refractivity contribution in [1.29, 1.82) is 0 Å². The SMILES string of the molecule is CCC.[H-].[H-].[K+].[K+]. The van der Waals surface area contributed by atoms with Crippen molar-refractivity contribution in [3.8, 4) is 0 Å². The second kappa shape index (κ2) is 15.7. The molecule has 0 heterocycles. The Morgan fingerprint density at radius 1 is 1.20 bits per heavy atom. The van der Waals surface area contributed by atoms with Crippen molar-refractivity contribution < 1.29 is 106 Å². The third-order valence-corrected chi connectivity index (χ3v) is 0. The summed E-state index contributed by atoms with van der Waals surface area (Å²) in [7, 11) is 0. The molecule has 0 bridgehead atoms. The predicted molar refractivity (Wildman–Crippen MR) is 18.2 cm³/mol. The second-order valence-corrected chi connectivity index (χ2v) is 0.707. The summed E-state index contributed by atoms with van der Waals surface area (Å²) in [6.07, 6.45) is 1.25. The first-order chi connectivity index (χ1) is 1.41. The van der Waals surface area contributed by atoms with Crippen molar-refractivity contribution in [2.24, 2.45) is 0 Å². The molecule has 0 aliphatic carbocycles. The normalized spacial score (nSPS) is 3.60. The van der Waals surface area contributed by atoms with Crippen LogP contribution in [0.5, 0.6) is 0 Å². The summed E-state index contributed by atoms with van der Waals surface area (Å²) in [4.78, 5) is 0. The average Bonchev–Trinajstić information content (AvgIpc) is 0.918. The van der Waals surface area contributed by atoms with Crippen molar-refractivity contribution in [3.63, 3.8) is 0 Å². The van der Waals surface area contributed by atoms with E-state index < -0.39 is 0 Å². The predicted octanol–water partition coefficient (Wildman–Crippen LogP) is -4.35. The smallest absolute Gasteiger partial charge is 1.00 e. The summed E-state index contributed by atoms with van der Waals surface area (Å²) in [5, 5.41) is 0. The van der Waals surface area contributed by atoms with Gasteiger partial charge in [0, 0.05) is 0 Å². The van der Waals surface area contributed by atoms with E-state index in [1.54, 1.807) is 0 Å². The Bertz CT molecular complexity index is 10.9. The van der Waals surface area contributed by atoms with Gasteiger partial charge in [-0.1, -0.05) is 20.3 Å². The maximum atomic E-state index is 2.12. The Morgan fingerprint density at radius 3 is 1.20 bits per heavy atom. The van der Waals surface area contributed by atoms with Crippen LogP contribution in [0.4, 0.5) is 0 Å². The minimum absolute atomic E-state index is 0. The van der Waals surface area contributed by atoms with Gasteiger partial charge in [0.1, 0.15) is 0 Å². The fraction of sp³-hybridized carbons (Fsp3) is 1.00. The molecule has 24 valence electrons. The van der Waals surface area contributed by atoms with Crippen molar-refractivity contribution in [1.82, 2.24) is 0 Å². The van der Waals surface area contributed by atoms with Crippen LogP contribution < -0.4 is 103 Å². The maximum absolute atomic E-state index is 2.12. The van der Waals surface area contributed by atoms with E-state index in [9.17, 15) is 0 Å². The Balaban J connectivity index is -0.00000000333. The second-order valence-electron chi connectivity index (χ2n) is 0.707. The van der Waals surface area contributed by atoms with Crippen molar-refractivity contribution in [2.75, 3.05) is 0 Å². The van der Waals surface area contributed by atoms with Crippen molar-refractivity contribution in [2.45, 2.75) is 20.3 Å². The van der Waals surface area contributed by atoms with Gasteiger partial charge in [0.15, 0.2) is 0 Å².